The van der Waals surface area contributed by atoms with Crippen molar-refractivity contribution in [1.29, 1.82) is 0 Å². The first-order valence-corrected chi connectivity index (χ1v) is 7.91. The van der Waals surface area contributed by atoms with E-state index in [0.29, 0.717) is 6.92 Å². The van der Waals surface area contributed by atoms with Crippen LogP contribution in [0.2, 0.25) is 0 Å². The average Bonchev–Trinajstić information content (AvgIpc) is 1.76. The molecule has 0 amide bonds. The molecule has 0 atom stereocenters. The van der Waals surface area contributed by atoms with Crippen LogP contribution in [-0.2, 0) is 13.7 Å². The van der Waals surface area contributed by atoms with Gasteiger partial charge in [-0.2, -0.15) is 0 Å². The second-order valence-corrected chi connectivity index (χ2v) is 7.87. The van der Waals surface area contributed by atoms with Gasteiger partial charge in [0.05, 0.1) is 0 Å². The normalized spacial score (nSPS) is 14.1. The molecule has 8 N–H and O–H groups in total. The molecule has 0 radical (unpaired) electrons. The Morgan fingerprint density at radius 2 is 0.875 bits per heavy atom. The quantitative estimate of drug-likeness (QED) is 0.263. The Labute approximate surface area is 88.9 Å². The molecule has 0 saturated carbocycles. The maximum Gasteiger partial charge on any atom is 0.466 e. The van der Waals surface area contributed by atoms with Crippen molar-refractivity contribution in [2.75, 3.05) is 0 Å². The summed E-state index contributed by atoms with van der Waals surface area (Å²) < 4.78 is 29.4. The van der Waals surface area contributed by atoms with Crippen LogP contribution in [0, 0.1) is 0 Å². The molecule has 14 heteroatoms. The first kappa shape index (κ1) is 18.7. The maximum absolute atomic E-state index is 10.3. The Bertz CT molecular complexity index is 319. The number of hydrogen-bond acceptors (Lipinski definition) is 4. The highest BCUT2D eigenvalue weighted by Gasteiger charge is 2.55. The van der Waals surface area contributed by atoms with Crippen LogP contribution in [-0.4, -0.2) is 44.4 Å². The summed E-state index contributed by atoms with van der Waals surface area (Å²) in [5.74, 6) is 0. The maximum atomic E-state index is 10.3. The molecule has 0 bridgehead atoms. The fourth-order valence-electron chi connectivity index (χ4n) is 0.170. The Balaban J connectivity index is 0. The summed E-state index contributed by atoms with van der Waals surface area (Å²) >= 11 is 0. The summed E-state index contributed by atoms with van der Waals surface area (Å²) in [5, 5.41) is 5.37. The lowest BCUT2D eigenvalue weighted by Gasteiger charge is -2.24. The smallest absolute Gasteiger partial charge is 0.368 e. The zero-order chi connectivity index (χ0) is 14.0. The van der Waals surface area contributed by atoms with Gasteiger partial charge in [-0.1, -0.05) is 0 Å². The van der Waals surface area contributed by atoms with Crippen LogP contribution in [0.5, 0.6) is 0 Å². The van der Waals surface area contributed by atoms with E-state index in [2.05, 4.69) is 0 Å². The molecule has 11 nitrogen and oxygen atoms in total. The van der Waals surface area contributed by atoms with Gasteiger partial charge >= 0.3 is 23.0 Å². The summed E-state index contributed by atoms with van der Waals surface area (Å²) in [7, 11) is -15.0. The molecule has 0 heterocycles. The van der Waals surface area contributed by atoms with Gasteiger partial charge in [0.25, 0.3) is 5.08 Å². The van der Waals surface area contributed by atoms with Gasteiger partial charge in [0.15, 0.2) is 0 Å². The van der Waals surface area contributed by atoms with Crippen LogP contribution in [0.25, 0.3) is 0 Å². The third kappa shape index (κ3) is 7.61. The highest BCUT2D eigenvalue weighted by Crippen LogP contribution is 2.66. The van der Waals surface area contributed by atoms with Crippen molar-refractivity contribution in [1.82, 2.24) is 0 Å². The molecule has 0 aliphatic carbocycles. The van der Waals surface area contributed by atoms with Crippen LogP contribution in [0.15, 0.2) is 0 Å². The largest absolute Gasteiger partial charge is 0.466 e. The number of rotatable bonds is 2. The zero-order valence-corrected chi connectivity index (χ0v) is 10.3. The molecule has 0 rings (SSSR count). The molecule has 0 spiro atoms. The van der Waals surface area contributed by atoms with Crippen molar-refractivity contribution in [3.05, 3.63) is 0 Å². The van der Waals surface area contributed by atoms with Crippen LogP contribution < -0.4 is 0 Å². The molecule has 0 fully saturated rings. The van der Waals surface area contributed by atoms with E-state index in [1.807, 2.05) is 0 Å². The van der Waals surface area contributed by atoms with Gasteiger partial charge in [0.2, 0.25) is 0 Å². The molecule has 100 valence electrons. The van der Waals surface area contributed by atoms with E-state index >= 15 is 0 Å². The highest BCUT2D eigenvalue weighted by atomic mass is 31.2. The Hall–Kier alpha value is 0.370. The number of aliphatic hydroxyl groups is 1. The molecule has 0 saturated heterocycles. The van der Waals surface area contributed by atoms with Crippen molar-refractivity contribution in [2.24, 2.45) is 0 Å². The minimum absolute atomic E-state index is 0.383. The summed E-state index contributed by atoms with van der Waals surface area (Å²) in [6.45, 7) is 0.383. The van der Waals surface area contributed by atoms with Gasteiger partial charge in [0.1, 0.15) is 0 Å². The van der Waals surface area contributed by atoms with Crippen molar-refractivity contribution < 1.29 is 53.1 Å². The fourth-order valence-corrected chi connectivity index (χ4v) is 1.53. The minimum atomic E-state index is -5.20. The summed E-state index contributed by atoms with van der Waals surface area (Å²) in [4.78, 5) is 54.6. The van der Waals surface area contributed by atoms with Crippen molar-refractivity contribution >= 4 is 23.0 Å². The predicted molar refractivity (Wildman–Crippen MR) is 49.0 cm³/mol. The lowest BCUT2D eigenvalue weighted by atomic mass is 10.9. The standard InChI is InChI=1S/C2H8O7P2.H3O4P/c1-2(3,10(4,5)6)11(7,8)9;1-5(2,3)4/h3H,1H3,(H2,4,5,6)(H2,7,8,9);(H3,1,2,3,4). The molecular formula is C2H11O11P3. The fraction of sp³-hybridized carbons (Fsp3) is 1.00. The molecule has 0 aromatic heterocycles. The van der Waals surface area contributed by atoms with E-state index in [1.54, 1.807) is 0 Å². The first-order valence-electron chi connectivity index (χ1n) is 3.12. The van der Waals surface area contributed by atoms with E-state index < -0.39 is 28.1 Å². The predicted octanol–water partition coefficient (Wildman–Crippen LogP) is -1.92. The van der Waals surface area contributed by atoms with E-state index in [1.165, 1.54) is 0 Å². The Morgan fingerprint density at radius 3 is 0.875 bits per heavy atom. The molecule has 0 aliphatic heterocycles. The van der Waals surface area contributed by atoms with Gasteiger partial charge < -0.3 is 39.4 Å². The molecular weight excluding hydrogens is 293 g/mol. The molecule has 0 unspecified atom stereocenters. The van der Waals surface area contributed by atoms with E-state index in [-0.39, 0.29) is 0 Å². The molecule has 16 heavy (non-hydrogen) atoms. The second kappa shape index (κ2) is 5.34. The SMILES string of the molecule is CC(O)(P(=O)(O)O)P(=O)(O)O.O=P(O)(O)O. The zero-order valence-electron chi connectivity index (χ0n) is 7.64. The van der Waals surface area contributed by atoms with Gasteiger partial charge in [-0.25, -0.2) is 4.57 Å². The second-order valence-electron chi connectivity index (χ2n) is 2.57. The van der Waals surface area contributed by atoms with Crippen molar-refractivity contribution in [2.45, 2.75) is 12.0 Å². The van der Waals surface area contributed by atoms with Crippen molar-refractivity contribution in [3.63, 3.8) is 0 Å². The Kier molecular flexibility index (Phi) is 6.26. The van der Waals surface area contributed by atoms with Crippen molar-refractivity contribution in [3.8, 4) is 0 Å². The minimum Gasteiger partial charge on any atom is -0.368 e. The third-order valence-electron chi connectivity index (χ3n) is 1.10. The van der Waals surface area contributed by atoms with Gasteiger partial charge in [-0.05, 0) is 6.92 Å². The first-order chi connectivity index (χ1) is 6.50. The average molecular weight is 304 g/mol. The van der Waals surface area contributed by atoms with E-state index in [0.717, 1.165) is 0 Å². The highest BCUT2D eigenvalue weighted by molar-refractivity contribution is 7.71. The van der Waals surface area contributed by atoms with Crippen LogP contribution in [0.3, 0.4) is 0 Å². The lowest BCUT2D eigenvalue weighted by molar-refractivity contribution is 0.146. The topological polar surface area (TPSA) is 213 Å². The summed E-state index contributed by atoms with van der Waals surface area (Å²) in [6.07, 6.45) is 0. The Morgan fingerprint density at radius 1 is 0.750 bits per heavy atom. The number of hydrogen-bond donors (Lipinski definition) is 8. The van der Waals surface area contributed by atoms with Gasteiger partial charge in [-0.3, -0.25) is 9.13 Å². The molecule has 0 aromatic rings. The van der Waals surface area contributed by atoms with Crippen LogP contribution >= 0.6 is 23.0 Å². The summed E-state index contributed by atoms with van der Waals surface area (Å²) in [5.41, 5.74) is 0. The van der Waals surface area contributed by atoms with Crippen LogP contribution in [0.4, 0.5) is 0 Å². The number of phosphoric acid groups is 1. The van der Waals surface area contributed by atoms with E-state index in [9.17, 15) is 9.13 Å². The van der Waals surface area contributed by atoms with Gasteiger partial charge in [0, 0.05) is 0 Å². The van der Waals surface area contributed by atoms with Crippen LogP contribution in [0.1, 0.15) is 6.92 Å². The lowest BCUT2D eigenvalue weighted by Crippen LogP contribution is -2.23. The molecule has 0 aromatic carbocycles. The summed E-state index contributed by atoms with van der Waals surface area (Å²) in [6, 6.07) is 0. The monoisotopic (exact) mass is 304 g/mol. The third-order valence-corrected chi connectivity index (χ3v) is 4.87. The van der Waals surface area contributed by atoms with Gasteiger partial charge in [-0.15, -0.1) is 0 Å². The van der Waals surface area contributed by atoms with E-state index in [4.69, 9.17) is 43.9 Å². The molecule has 0 aliphatic rings.